The van der Waals surface area contributed by atoms with Crippen LogP contribution in [0.3, 0.4) is 0 Å². The number of hydrogen-bond acceptors (Lipinski definition) is 4. The monoisotopic (exact) mass is 283 g/mol. The van der Waals surface area contributed by atoms with Gasteiger partial charge in [-0.25, -0.2) is 9.59 Å². The highest BCUT2D eigenvalue weighted by molar-refractivity contribution is 5.82. The third kappa shape index (κ3) is 4.25. The van der Waals surface area contributed by atoms with Crippen LogP contribution in [-0.2, 0) is 14.3 Å². The molecule has 0 bridgehead atoms. The highest BCUT2D eigenvalue weighted by Gasteiger charge is 2.35. The van der Waals surface area contributed by atoms with E-state index < -0.39 is 12.1 Å². The van der Waals surface area contributed by atoms with Crippen LogP contribution in [0.4, 0.5) is 4.79 Å². The van der Waals surface area contributed by atoms with Crippen LogP contribution in [0.15, 0.2) is 11.6 Å². The second-order valence-electron chi connectivity index (χ2n) is 5.06. The molecule has 5 heteroatoms. The number of carbonyl (C=O) groups is 2. The summed E-state index contributed by atoms with van der Waals surface area (Å²) in [5.74, 6) is -0.382. The van der Waals surface area contributed by atoms with Crippen molar-refractivity contribution >= 4 is 12.1 Å². The lowest BCUT2D eigenvalue weighted by Crippen LogP contribution is -2.49. The number of likely N-dealkylation sites (tertiary alicyclic amines) is 1. The Kier molecular flexibility index (Phi) is 6.55. The van der Waals surface area contributed by atoms with E-state index in [-0.39, 0.29) is 12.1 Å². The van der Waals surface area contributed by atoms with E-state index in [0.29, 0.717) is 13.0 Å². The number of amides is 1. The van der Waals surface area contributed by atoms with E-state index in [1.165, 1.54) is 17.6 Å². The molecule has 0 N–H and O–H groups in total. The van der Waals surface area contributed by atoms with Gasteiger partial charge in [0, 0.05) is 6.54 Å². The van der Waals surface area contributed by atoms with Gasteiger partial charge in [0.2, 0.25) is 0 Å². The molecule has 2 atom stereocenters. The number of allylic oxidation sites excluding steroid dienone is 1. The summed E-state index contributed by atoms with van der Waals surface area (Å²) in [6.07, 6.45) is 4.56. The van der Waals surface area contributed by atoms with Crippen molar-refractivity contribution < 1.29 is 19.1 Å². The standard InChI is InChI=1S/C15H25NO4/c1-5-7-12-8-9-16(13(10-12)14(17)19-4)15(18)20-11(3)6-2/h7,11,13H,5-6,8-10H2,1-4H3. The zero-order chi connectivity index (χ0) is 15.1. The minimum Gasteiger partial charge on any atom is -0.467 e. The summed E-state index contributed by atoms with van der Waals surface area (Å²) in [5.41, 5.74) is 1.20. The molecule has 0 saturated carbocycles. The van der Waals surface area contributed by atoms with Crippen molar-refractivity contribution in [2.45, 2.75) is 58.6 Å². The van der Waals surface area contributed by atoms with Crippen LogP contribution in [0.2, 0.25) is 0 Å². The van der Waals surface area contributed by atoms with Crippen molar-refractivity contribution in [2.24, 2.45) is 0 Å². The van der Waals surface area contributed by atoms with Gasteiger partial charge in [0.15, 0.2) is 0 Å². The van der Waals surface area contributed by atoms with Gasteiger partial charge in [-0.1, -0.05) is 25.5 Å². The molecule has 5 nitrogen and oxygen atoms in total. The fourth-order valence-electron chi connectivity index (χ4n) is 2.24. The third-order valence-electron chi connectivity index (χ3n) is 3.58. The first-order chi connectivity index (χ1) is 9.53. The molecular weight excluding hydrogens is 258 g/mol. The van der Waals surface area contributed by atoms with Gasteiger partial charge in [0.05, 0.1) is 7.11 Å². The van der Waals surface area contributed by atoms with E-state index in [1.54, 1.807) is 0 Å². The number of hydrogen-bond donors (Lipinski definition) is 0. The van der Waals surface area contributed by atoms with Crippen LogP contribution in [0, 0.1) is 0 Å². The third-order valence-corrected chi connectivity index (χ3v) is 3.58. The van der Waals surface area contributed by atoms with Crippen LogP contribution >= 0.6 is 0 Å². The van der Waals surface area contributed by atoms with Crippen LogP contribution in [-0.4, -0.2) is 42.8 Å². The van der Waals surface area contributed by atoms with Gasteiger partial charge in [-0.15, -0.1) is 0 Å². The number of methoxy groups -OCH3 is 1. The zero-order valence-electron chi connectivity index (χ0n) is 12.8. The summed E-state index contributed by atoms with van der Waals surface area (Å²) >= 11 is 0. The minimum atomic E-state index is -0.567. The molecule has 1 rings (SSSR count). The average molecular weight is 283 g/mol. The molecule has 0 aromatic carbocycles. The molecule has 20 heavy (non-hydrogen) atoms. The quantitative estimate of drug-likeness (QED) is 0.588. The fourth-order valence-corrected chi connectivity index (χ4v) is 2.24. The van der Waals surface area contributed by atoms with Gasteiger partial charge in [0.25, 0.3) is 0 Å². The van der Waals surface area contributed by atoms with Crippen molar-refractivity contribution in [3.8, 4) is 0 Å². The van der Waals surface area contributed by atoms with Gasteiger partial charge in [-0.3, -0.25) is 4.90 Å². The maximum Gasteiger partial charge on any atom is 0.410 e. The molecule has 0 spiro atoms. The van der Waals surface area contributed by atoms with E-state index in [2.05, 4.69) is 13.0 Å². The Balaban J connectivity index is 2.80. The van der Waals surface area contributed by atoms with E-state index in [0.717, 1.165) is 19.3 Å². The summed E-state index contributed by atoms with van der Waals surface area (Å²) < 4.78 is 10.1. The summed E-state index contributed by atoms with van der Waals surface area (Å²) in [6, 6.07) is -0.567. The smallest absolute Gasteiger partial charge is 0.410 e. The molecule has 114 valence electrons. The molecule has 0 aliphatic carbocycles. The Morgan fingerprint density at radius 3 is 2.70 bits per heavy atom. The summed E-state index contributed by atoms with van der Waals surface area (Å²) in [6.45, 7) is 6.36. The number of nitrogens with zero attached hydrogens (tertiary/aromatic N) is 1. The first-order valence-corrected chi connectivity index (χ1v) is 7.26. The van der Waals surface area contributed by atoms with E-state index in [1.807, 2.05) is 13.8 Å². The summed E-state index contributed by atoms with van der Waals surface area (Å²) in [5, 5.41) is 0. The largest absolute Gasteiger partial charge is 0.467 e. The molecule has 2 unspecified atom stereocenters. The number of carbonyl (C=O) groups excluding carboxylic acids is 2. The lowest BCUT2D eigenvalue weighted by Gasteiger charge is -2.35. The molecule has 1 amide bonds. The van der Waals surface area contributed by atoms with Crippen LogP contribution < -0.4 is 0 Å². The number of piperidine rings is 1. The van der Waals surface area contributed by atoms with Gasteiger partial charge in [-0.2, -0.15) is 0 Å². The topological polar surface area (TPSA) is 55.8 Å². The van der Waals surface area contributed by atoms with Crippen molar-refractivity contribution in [2.75, 3.05) is 13.7 Å². The maximum atomic E-state index is 12.1. The molecule has 0 aromatic heterocycles. The lowest BCUT2D eigenvalue weighted by atomic mass is 9.96. The van der Waals surface area contributed by atoms with Gasteiger partial charge >= 0.3 is 12.1 Å². The van der Waals surface area contributed by atoms with Crippen LogP contribution in [0.1, 0.15) is 46.5 Å². The number of rotatable bonds is 4. The highest BCUT2D eigenvalue weighted by Crippen LogP contribution is 2.24. The first kappa shape index (κ1) is 16.5. The van der Waals surface area contributed by atoms with Gasteiger partial charge < -0.3 is 9.47 Å². The summed E-state index contributed by atoms with van der Waals surface area (Å²) in [4.78, 5) is 25.5. The van der Waals surface area contributed by atoms with Crippen molar-refractivity contribution in [3.05, 3.63) is 11.6 Å². The van der Waals surface area contributed by atoms with Crippen molar-refractivity contribution in [1.82, 2.24) is 4.90 Å². The highest BCUT2D eigenvalue weighted by atomic mass is 16.6. The zero-order valence-corrected chi connectivity index (χ0v) is 12.8. The molecular formula is C15H25NO4. The Morgan fingerprint density at radius 2 is 2.15 bits per heavy atom. The Hall–Kier alpha value is -1.52. The Labute approximate surface area is 120 Å². The number of ether oxygens (including phenoxy) is 2. The van der Waals surface area contributed by atoms with Crippen molar-refractivity contribution in [3.63, 3.8) is 0 Å². The second kappa shape index (κ2) is 7.92. The average Bonchev–Trinajstić information content (AvgIpc) is 2.46. The molecule has 0 radical (unpaired) electrons. The first-order valence-electron chi connectivity index (χ1n) is 7.26. The van der Waals surface area contributed by atoms with Gasteiger partial charge in [-0.05, 0) is 32.6 Å². The minimum absolute atomic E-state index is 0.145. The number of esters is 1. The normalized spacial score (nSPS) is 22.5. The fraction of sp³-hybridized carbons (Fsp3) is 0.733. The molecule has 0 aromatic rings. The van der Waals surface area contributed by atoms with Crippen LogP contribution in [0.5, 0.6) is 0 Å². The van der Waals surface area contributed by atoms with E-state index >= 15 is 0 Å². The lowest BCUT2D eigenvalue weighted by molar-refractivity contribution is -0.147. The second-order valence-corrected chi connectivity index (χ2v) is 5.06. The molecule has 1 aliphatic rings. The Bertz CT molecular complexity index is 378. The summed E-state index contributed by atoms with van der Waals surface area (Å²) in [7, 11) is 1.35. The maximum absolute atomic E-state index is 12.1. The van der Waals surface area contributed by atoms with E-state index in [4.69, 9.17) is 9.47 Å². The van der Waals surface area contributed by atoms with Gasteiger partial charge in [0.1, 0.15) is 12.1 Å². The molecule has 1 fully saturated rings. The Morgan fingerprint density at radius 1 is 1.45 bits per heavy atom. The SMILES string of the molecule is CCC=C1CCN(C(=O)OC(C)CC)C(C(=O)OC)C1. The van der Waals surface area contributed by atoms with Crippen LogP contribution in [0.25, 0.3) is 0 Å². The molecule has 1 heterocycles. The predicted octanol–water partition coefficient (Wildman–Crippen LogP) is 2.90. The predicted molar refractivity (Wildman–Crippen MR) is 76.4 cm³/mol. The van der Waals surface area contributed by atoms with E-state index in [9.17, 15) is 9.59 Å². The molecule has 1 aliphatic heterocycles. The molecule has 1 saturated heterocycles. The van der Waals surface area contributed by atoms with Crippen molar-refractivity contribution in [1.29, 1.82) is 0 Å².